The third-order valence-electron chi connectivity index (χ3n) is 4.20. The van der Waals surface area contributed by atoms with E-state index in [1.807, 2.05) is 6.07 Å². The maximum Gasteiger partial charge on any atom is 0.125 e. The van der Waals surface area contributed by atoms with Crippen LogP contribution >= 0.6 is 0 Å². The number of nitrogens with one attached hydrogen (secondary N) is 1. The van der Waals surface area contributed by atoms with Gasteiger partial charge in [-0.25, -0.2) is 4.98 Å². The van der Waals surface area contributed by atoms with Crippen molar-refractivity contribution < 1.29 is 0 Å². The second kappa shape index (κ2) is 5.34. The number of nitriles is 1. The maximum atomic E-state index is 8.77. The molecule has 1 heterocycles. The fourth-order valence-electron chi connectivity index (χ4n) is 2.79. The monoisotopic (exact) mass is 263 g/mol. The highest BCUT2D eigenvalue weighted by Crippen LogP contribution is 2.43. The van der Waals surface area contributed by atoms with Gasteiger partial charge in [-0.1, -0.05) is 36.8 Å². The predicted molar refractivity (Wildman–Crippen MR) is 79.4 cm³/mol. The molecule has 1 fully saturated rings. The molecule has 1 aromatic heterocycles. The first kappa shape index (κ1) is 12.7. The molecule has 1 N–H and O–H groups in total. The van der Waals surface area contributed by atoms with Crippen molar-refractivity contribution in [3.05, 3.63) is 59.8 Å². The molecule has 1 aliphatic rings. The van der Waals surface area contributed by atoms with Crippen molar-refractivity contribution in [3.8, 4) is 6.07 Å². The zero-order valence-electron chi connectivity index (χ0n) is 11.3. The number of pyridine rings is 1. The SMILES string of the molecule is N#Cc1ccc(NCC2(c3ccccc3)CCC2)nc1. The number of anilines is 1. The first-order chi connectivity index (χ1) is 9.82. The van der Waals surface area contributed by atoms with Crippen molar-refractivity contribution in [2.24, 2.45) is 0 Å². The quantitative estimate of drug-likeness (QED) is 0.918. The van der Waals surface area contributed by atoms with Crippen LogP contribution < -0.4 is 5.32 Å². The van der Waals surface area contributed by atoms with Crippen molar-refractivity contribution in [3.63, 3.8) is 0 Å². The Morgan fingerprint density at radius 3 is 2.50 bits per heavy atom. The van der Waals surface area contributed by atoms with Crippen LogP contribution in [0.25, 0.3) is 0 Å². The smallest absolute Gasteiger partial charge is 0.125 e. The van der Waals surface area contributed by atoms with E-state index in [9.17, 15) is 0 Å². The van der Waals surface area contributed by atoms with Crippen LogP contribution in [-0.4, -0.2) is 11.5 Å². The van der Waals surface area contributed by atoms with Crippen LogP contribution in [0.4, 0.5) is 5.82 Å². The lowest BCUT2D eigenvalue weighted by atomic mass is 9.64. The molecule has 0 spiro atoms. The topological polar surface area (TPSA) is 48.7 Å². The van der Waals surface area contributed by atoms with Crippen LogP contribution in [-0.2, 0) is 5.41 Å². The Bertz CT molecular complexity index is 607. The standard InChI is InChI=1S/C17H17N3/c18-11-14-7-8-16(19-12-14)20-13-17(9-4-10-17)15-5-2-1-3-6-15/h1-3,5-8,12H,4,9-10,13H2,(H,19,20). The van der Waals surface area contributed by atoms with Gasteiger partial charge in [0.2, 0.25) is 0 Å². The Hall–Kier alpha value is -2.34. The summed E-state index contributed by atoms with van der Waals surface area (Å²) in [6.07, 6.45) is 5.34. The van der Waals surface area contributed by atoms with Crippen molar-refractivity contribution in [1.82, 2.24) is 4.98 Å². The Morgan fingerprint density at radius 2 is 1.95 bits per heavy atom. The third-order valence-corrected chi connectivity index (χ3v) is 4.20. The second-order valence-corrected chi connectivity index (χ2v) is 5.40. The fraction of sp³-hybridized carbons (Fsp3) is 0.294. The highest BCUT2D eigenvalue weighted by Gasteiger charge is 2.38. The van der Waals surface area contributed by atoms with Crippen LogP contribution in [0.2, 0.25) is 0 Å². The Kier molecular flexibility index (Phi) is 3.39. The summed E-state index contributed by atoms with van der Waals surface area (Å²) in [5.74, 6) is 0.839. The molecule has 0 radical (unpaired) electrons. The number of hydrogen-bond acceptors (Lipinski definition) is 3. The summed E-state index contributed by atoms with van der Waals surface area (Å²) in [6, 6.07) is 16.5. The lowest BCUT2D eigenvalue weighted by Gasteiger charge is -2.42. The summed E-state index contributed by atoms with van der Waals surface area (Å²) in [5.41, 5.74) is 2.25. The van der Waals surface area contributed by atoms with E-state index in [-0.39, 0.29) is 5.41 Å². The van der Waals surface area contributed by atoms with Gasteiger partial charge in [0.05, 0.1) is 5.56 Å². The third kappa shape index (κ3) is 2.37. The van der Waals surface area contributed by atoms with Gasteiger partial charge in [0, 0.05) is 18.2 Å². The van der Waals surface area contributed by atoms with Crippen molar-refractivity contribution in [2.75, 3.05) is 11.9 Å². The van der Waals surface area contributed by atoms with E-state index >= 15 is 0 Å². The lowest BCUT2D eigenvalue weighted by Crippen LogP contribution is -2.41. The van der Waals surface area contributed by atoms with Crippen LogP contribution in [0.15, 0.2) is 48.7 Å². The van der Waals surface area contributed by atoms with Crippen LogP contribution in [0, 0.1) is 11.3 Å². The molecule has 1 saturated carbocycles. The van der Waals surface area contributed by atoms with Crippen molar-refractivity contribution >= 4 is 5.82 Å². The van der Waals surface area contributed by atoms with Gasteiger partial charge in [-0.2, -0.15) is 5.26 Å². The first-order valence-electron chi connectivity index (χ1n) is 6.98. The van der Waals surface area contributed by atoms with E-state index in [2.05, 4.69) is 46.7 Å². The Labute approximate surface area is 119 Å². The van der Waals surface area contributed by atoms with Gasteiger partial charge >= 0.3 is 0 Å². The highest BCUT2D eigenvalue weighted by atomic mass is 15.0. The molecule has 0 amide bonds. The predicted octanol–water partition coefficient (Wildman–Crippen LogP) is 3.49. The van der Waals surface area contributed by atoms with E-state index in [1.165, 1.54) is 24.8 Å². The van der Waals surface area contributed by atoms with Gasteiger partial charge in [0.1, 0.15) is 11.9 Å². The zero-order chi connectivity index (χ0) is 13.8. The van der Waals surface area contributed by atoms with E-state index in [4.69, 9.17) is 5.26 Å². The molecule has 0 saturated heterocycles. The van der Waals surface area contributed by atoms with E-state index in [0.29, 0.717) is 5.56 Å². The first-order valence-corrected chi connectivity index (χ1v) is 6.98. The molecule has 100 valence electrons. The normalized spacial score (nSPS) is 15.9. The number of rotatable bonds is 4. The summed E-state index contributed by atoms with van der Waals surface area (Å²) >= 11 is 0. The largest absolute Gasteiger partial charge is 0.369 e. The molecule has 3 nitrogen and oxygen atoms in total. The number of aromatic nitrogens is 1. The molecule has 3 rings (SSSR count). The molecule has 0 aliphatic heterocycles. The molecule has 0 bridgehead atoms. The summed E-state index contributed by atoms with van der Waals surface area (Å²) in [7, 11) is 0. The van der Waals surface area contributed by atoms with Gasteiger partial charge < -0.3 is 5.32 Å². The molecule has 0 unspecified atom stereocenters. The average Bonchev–Trinajstić information content (AvgIpc) is 2.48. The van der Waals surface area contributed by atoms with Gasteiger partial charge in [0.25, 0.3) is 0 Å². The van der Waals surface area contributed by atoms with E-state index < -0.39 is 0 Å². The van der Waals surface area contributed by atoms with E-state index in [0.717, 1.165) is 12.4 Å². The minimum absolute atomic E-state index is 0.247. The Balaban J connectivity index is 1.71. The Morgan fingerprint density at radius 1 is 1.15 bits per heavy atom. The summed E-state index contributed by atoms with van der Waals surface area (Å²) in [6.45, 7) is 0.899. The van der Waals surface area contributed by atoms with E-state index in [1.54, 1.807) is 12.3 Å². The summed E-state index contributed by atoms with van der Waals surface area (Å²) < 4.78 is 0. The minimum atomic E-state index is 0.247. The van der Waals surface area contributed by atoms with Crippen LogP contribution in [0.1, 0.15) is 30.4 Å². The summed E-state index contributed by atoms with van der Waals surface area (Å²) in [4.78, 5) is 4.27. The lowest BCUT2D eigenvalue weighted by molar-refractivity contribution is 0.260. The maximum absolute atomic E-state index is 8.77. The van der Waals surface area contributed by atoms with Crippen LogP contribution in [0.5, 0.6) is 0 Å². The number of benzene rings is 1. The van der Waals surface area contributed by atoms with Crippen molar-refractivity contribution in [1.29, 1.82) is 5.26 Å². The molecule has 1 aliphatic carbocycles. The zero-order valence-corrected chi connectivity index (χ0v) is 11.3. The van der Waals surface area contributed by atoms with Crippen molar-refractivity contribution in [2.45, 2.75) is 24.7 Å². The number of nitrogens with zero attached hydrogens (tertiary/aromatic N) is 2. The van der Waals surface area contributed by atoms with Crippen LogP contribution in [0.3, 0.4) is 0 Å². The van der Waals surface area contributed by atoms with Gasteiger partial charge in [-0.05, 0) is 30.5 Å². The molecular weight excluding hydrogens is 246 g/mol. The molecule has 1 aromatic carbocycles. The number of hydrogen-bond donors (Lipinski definition) is 1. The molecule has 0 atom stereocenters. The molecular formula is C17H17N3. The van der Waals surface area contributed by atoms with Gasteiger partial charge in [-0.3, -0.25) is 0 Å². The summed E-state index contributed by atoms with van der Waals surface area (Å²) in [5, 5.41) is 12.2. The average molecular weight is 263 g/mol. The second-order valence-electron chi connectivity index (χ2n) is 5.40. The van der Waals surface area contributed by atoms with Gasteiger partial charge in [-0.15, -0.1) is 0 Å². The molecule has 3 heteroatoms. The highest BCUT2D eigenvalue weighted by molar-refractivity contribution is 5.41. The van der Waals surface area contributed by atoms with Gasteiger partial charge in [0.15, 0.2) is 0 Å². The molecule has 2 aromatic rings. The fourth-order valence-corrected chi connectivity index (χ4v) is 2.79. The minimum Gasteiger partial charge on any atom is -0.369 e. The molecule has 20 heavy (non-hydrogen) atoms.